The van der Waals surface area contributed by atoms with Crippen molar-refractivity contribution in [3.8, 4) is 5.69 Å². The SMILES string of the molecule is CCOC(=O)c1cnn(-c2ccccc2)c1CC(C)CO[Si](C)(C)C(C)(C)C. The maximum atomic E-state index is 12.4. The minimum atomic E-state index is -1.81. The molecule has 1 aromatic heterocycles. The van der Waals surface area contributed by atoms with Gasteiger partial charge in [-0.3, -0.25) is 0 Å². The lowest BCUT2D eigenvalue weighted by atomic mass is 10.0. The number of hydrogen-bond acceptors (Lipinski definition) is 4. The van der Waals surface area contributed by atoms with Gasteiger partial charge in [0.15, 0.2) is 8.32 Å². The van der Waals surface area contributed by atoms with Gasteiger partial charge in [-0.15, -0.1) is 0 Å². The van der Waals surface area contributed by atoms with Crippen LogP contribution in [0.15, 0.2) is 36.5 Å². The van der Waals surface area contributed by atoms with Crippen molar-refractivity contribution in [2.24, 2.45) is 5.92 Å². The minimum absolute atomic E-state index is 0.175. The van der Waals surface area contributed by atoms with Crippen molar-refractivity contribution in [3.63, 3.8) is 0 Å². The lowest BCUT2D eigenvalue weighted by Crippen LogP contribution is -2.42. The maximum Gasteiger partial charge on any atom is 0.341 e. The number of carbonyl (C=O) groups excluding carboxylic acids is 1. The zero-order chi connectivity index (χ0) is 20.9. The number of hydrogen-bond donors (Lipinski definition) is 0. The molecule has 0 amide bonds. The van der Waals surface area contributed by atoms with Crippen LogP contribution in [0.5, 0.6) is 0 Å². The molecule has 0 saturated carbocycles. The first-order valence-electron chi connectivity index (χ1n) is 10.00. The van der Waals surface area contributed by atoms with Gasteiger partial charge in [0.2, 0.25) is 0 Å². The summed E-state index contributed by atoms with van der Waals surface area (Å²) in [6.07, 6.45) is 2.30. The number of ether oxygens (including phenoxy) is 1. The highest BCUT2D eigenvalue weighted by Crippen LogP contribution is 2.37. The molecule has 2 rings (SSSR count). The van der Waals surface area contributed by atoms with Crippen molar-refractivity contribution in [2.45, 2.75) is 59.2 Å². The van der Waals surface area contributed by atoms with Crippen LogP contribution in [-0.2, 0) is 15.6 Å². The summed E-state index contributed by atoms with van der Waals surface area (Å²) < 4.78 is 13.5. The summed E-state index contributed by atoms with van der Waals surface area (Å²) in [7, 11) is -1.81. The molecule has 0 radical (unpaired) electrons. The van der Waals surface area contributed by atoms with Crippen molar-refractivity contribution in [2.75, 3.05) is 13.2 Å². The average molecular weight is 403 g/mol. The molecule has 1 unspecified atom stereocenters. The summed E-state index contributed by atoms with van der Waals surface area (Å²) in [5.74, 6) is -0.0707. The fourth-order valence-electron chi connectivity index (χ4n) is 2.70. The van der Waals surface area contributed by atoms with Gasteiger partial charge in [-0.1, -0.05) is 45.9 Å². The highest BCUT2D eigenvalue weighted by molar-refractivity contribution is 6.74. The summed E-state index contributed by atoms with van der Waals surface area (Å²) in [6, 6.07) is 9.88. The highest BCUT2D eigenvalue weighted by atomic mass is 28.4. The van der Waals surface area contributed by atoms with Gasteiger partial charge in [-0.2, -0.15) is 5.10 Å². The molecule has 2 aromatic rings. The van der Waals surface area contributed by atoms with Gasteiger partial charge >= 0.3 is 5.97 Å². The Labute approximate surface area is 170 Å². The predicted molar refractivity (Wildman–Crippen MR) is 116 cm³/mol. The Balaban J connectivity index is 2.24. The fourth-order valence-corrected chi connectivity index (χ4v) is 3.83. The lowest BCUT2D eigenvalue weighted by Gasteiger charge is -2.37. The van der Waals surface area contributed by atoms with Crippen LogP contribution in [0, 0.1) is 5.92 Å². The quantitative estimate of drug-likeness (QED) is 0.447. The molecule has 1 atom stereocenters. The van der Waals surface area contributed by atoms with Crippen LogP contribution >= 0.6 is 0 Å². The smallest absolute Gasteiger partial charge is 0.341 e. The van der Waals surface area contributed by atoms with Gasteiger partial charge in [0.05, 0.1) is 24.2 Å². The number of esters is 1. The van der Waals surface area contributed by atoms with Crippen LogP contribution in [0.25, 0.3) is 5.69 Å². The van der Waals surface area contributed by atoms with Crippen molar-refractivity contribution in [1.82, 2.24) is 9.78 Å². The second-order valence-corrected chi connectivity index (χ2v) is 13.7. The molecule has 28 heavy (non-hydrogen) atoms. The summed E-state index contributed by atoms with van der Waals surface area (Å²) in [5, 5.41) is 4.65. The molecule has 0 saturated heterocycles. The minimum Gasteiger partial charge on any atom is -0.462 e. The van der Waals surface area contributed by atoms with Crippen molar-refractivity contribution in [1.29, 1.82) is 0 Å². The van der Waals surface area contributed by atoms with Gasteiger partial charge in [-0.25, -0.2) is 9.48 Å². The molecule has 0 aliphatic heterocycles. The Morgan fingerprint density at radius 2 is 1.86 bits per heavy atom. The molecule has 0 aliphatic rings. The van der Waals surface area contributed by atoms with Gasteiger partial charge in [-0.05, 0) is 49.5 Å². The average Bonchev–Trinajstić information content (AvgIpc) is 3.03. The van der Waals surface area contributed by atoms with E-state index in [2.05, 4.69) is 45.9 Å². The summed E-state index contributed by atoms with van der Waals surface area (Å²) in [4.78, 5) is 12.4. The first kappa shape index (κ1) is 22.4. The Kier molecular flexibility index (Phi) is 7.23. The fraction of sp³-hybridized carbons (Fsp3) is 0.545. The van der Waals surface area contributed by atoms with Crippen LogP contribution in [0.3, 0.4) is 0 Å². The molecule has 0 spiro atoms. The molecule has 0 bridgehead atoms. The Morgan fingerprint density at radius 3 is 2.43 bits per heavy atom. The van der Waals surface area contributed by atoms with Gasteiger partial charge in [0.25, 0.3) is 0 Å². The summed E-state index contributed by atoms with van der Waals surface area (Å²) in [6.45, 7) is 16.2. The van der Waals surface area contributed by atoms with E-state index >= 15 is 0 Å². The van der Waals surface area contributed by atoms with Gasteiger partial charge in [0, 0.05) is 6.61 Å². The number of para-hydroxylation sites is 1. The van der Waals surface area contributed by atoms with E-state index in [1.54, 1.807) is 6.20 Å². The highest BCUT2D eigenvalue weighted by Gasteiger charge is 2.37. The van der Waals surface area contributed by atoms with E-state index in [0.717, 1.165) is 11.4 Å². The molecular weight excluding hydrogens is 368 g/mol. The standard InChI is InChI=1S/C22H34N2O3Si/c1-8-26-21(25)19-15-23-24(18-12-10-9-11-13-18)20(19)14-17(2)16-27-28(6,7)22(3,4)5/h9-13,15,17H,8,14,16H2,1-7H3. The van der Waals surface area contributed by atoms with E-state index in [-0.39, 0.29) is 16.9 Å². The molecule has 6 heteroatoms. The number of rotatable bonds is 8. The molecule has 0 fully saturated rings. The van der Waals surface area contributed by atoms with Crippen LogP contribution in [0.4, 0.5) is 0 Å². The number of nitrogens with zero attached hydrogens (tertiary/aromatic N) is 2. The number of aromatic nitrogens is 2. The largest absolute Gasteiger partial charge is 0.462 e. The van der Waals surface area contributed by atoms with Crippen LogP contribution in [0.2, 0.25) is 18.1 Å². The van der Waals surface area contributed by atoms with E-state index < -0.39 is 8.32 Å². The van der Waals surface area contributed by atoms with Crippen LogP contribution in [-0.4, -0.2) is 37.3 Å². The lowest BCUT2D eigenvalue weighted by molar-refractivity contribution is 0.0524. The van der Waals surface area contributed by atoms with E-state index in [0.29, 0.717) is 25.2 Å². The molecular formula is C22H34N2O3Si. The van der Waals surface area contributed by atoms with E-state index in [4.69, 9.17) is 9.16 Å². The topological polar surface area (TPSA) is 53.3 Å². The number of benzene rings is 1. The molecule has 154 valence electrons. The second-order valence-electron chi connectivity index (χ2n) is 8.85. The van der Waals surface area contributed by atoms with E-state index in [1.165, 1.54) is 0 Å². The first-order chi connectivity index (χ1) is 13.1. The number of carbonyl (C=O) groups is 1. The molecule has 1 aromatic carbocycles. The third kappa shape index (κ3) is 5.32. The molecule has 0 aliphatic carbocycles. The predicted octanol–water partition coefficient (Wildman–Crippen LogP) is 5.25. The monoisotopic (exact) mass is 402 g/mol. The maximum absolute atomic E-state index is 12.4. The van der Waals surface area contributed by atoms with E-state index in [9.17, 15) is 4.79 Å². The van der Waals surface area contributed by atoms with Crippen molar-refractivity contribution in [3.05, 3.63) is 47.8 Å². The van der Waals surface area contributed by atoms with E-state index in [1.807, 2.05) is 41.9 Å². The van der Waals surface area contributed by atoms with Gasteiger partial charge < -0.3 is 9.16 Å². The third-order valence-electron chi connectivity index (χ3n) is 5.44. The zero-order valence-electron chi connectivity index (χ0n) is 18.3. The zero-order valence-corrected chi connectivity index (χ0v) is 19.3. The molecule has 1 heterocycles. The molecule has 5 nitrogen and oxygen atoms in total. The van der Waals surface area contributed by atoms with Crippen LogP contribution < -0.4 is 0 Å². The van der Waals surface area contributed by atoms with Gasteiger partial charge in [0.1, 0.15) is 5.56 Å². The molecule has 0 N–H and O–H groups in total. The van der Waals surface area contributed by atoms with Crippen LogP contribution in [0.1, 0.15) is 50.7 Å². The Bertz CT molecular complexity index is 779. The van der Waals surface area contributed by atoms with Crippen molar-refractivity contribution < 1.29 is 14.0 Å². The third-order valence-corrected chi connectivity index (χ3v) is 9.94. The summed E-state index contributed by atoms with van der Waals surface area (Å²) >= 11 is 0. The Morgan fingerprint density at radius 1 is 1.21 bits per heavy atom. The van der Waals surface area contributed by atoms with Crippen molar-refractivity contribution >= 4 is 14.3 Å². The second kappa shape index (κ2) is 9.05. The summed E-state index contributed by atoms with van der Waals surface area (Å²) in [5.41, 5.74) is 2.34. The Hall–Kier alpha value is -1.92. The first-order valence-corrected chi connectivity index (χ1v) is 12.9. The normalized spacial score (nSPS) is 13.4.